The third kappa shape index (κ3) is 2.58. The Bertz CT molecular complexity index is 742. The zero-order valence-electron chi connectivity index (χ0n) is 10.5. The predicted molar refractivity (Wildman–Crippen MR) is 76.3 cm³/mol. The van der Waals surface area contributed by atoms with Crippen molar-refractivity contribution >= 4 is 11.0 Å². The summed E-state index contributed by atoms with van der Waals surface area (Å²) in [5.41, 5.74) is 1.66. The van der Waals surface area contributed by atoms with Gasteiger partial charge in [0.15, 0.2) is 5.58 Å². The van der Waals surface area contributed by atoms with E-state index in [0.717, 1.165) is 24.0 Å². The number of hydrogen-bond donors (Lipinski definition) is 0. The molecule has 94 valence electrons. The molecule has 3 aromatic rings. The molecule has 0 saturated heterocycles. The van der Waals surface area contributed by atoms with E-state index in [1.54, 1.807) is 6.07 Å². The van der Waals surface area contributed by atoms with Crippen molar-refractivity contribution < 1.29 is 4.42 Å². The predicted octanol–water partition coefficient (Wildman–Crippen LogP) is 3.58. The van der Waals surface area contributed by atoms with Gasteiger partial charge in [0.25, 0.3) is 0 Å². The molecule has 0 aliphatic rings. The van der Waals surface area contributed by atoms with Gasteiger partial charge in [-0.1, -0.05) is 48.5 Å². The molecule has 2 nitrogen and oxygen atoms in total. The lowest BCUT2D eigenvalue weighted by Gasteiger charge is -1.97. The molecule has 0 fully saturated rings. The number of fused-ring (bicyclic) bond motifs is 1. The number of aryl methyl sites for hydroxylation is 2. The van der Waals surface area contributed by atoms with Gasteiger partial charge < -0.3 is 4.42 Å². The second kappa shape index (κ2) is 5.11. The molecular weight excluding hydrogens is 236 g/mol. The zero-order valence-corrected chi connectivity index (χ0v) is 10.5. The van der Waals surface area contributed by atoms with E-state index in [-0.39, 0.29) is 5.43 Å². The van der Waals surface area contributed by atoms with E-state index in [0.29, 0.717) is 5.58 Å². The lowest BCUT2D eigenvalue weighted by atomic mass is 10.1. The summed E-state index contributed by atoms with van der Waals surface area (Å²) in [6, 6.07) is 19.3. The first-order valence-corrected chi connectivity index (χ1v) is 6.38. The Morgan fingerprint density at radius 1 is 0.842 bits per heavy atom. The minimum Gasteiger partial charge on any atom is -0.457 e. The molecule has 1 aromatic heterocycles. The lowest BCUT2D eigenvalue weighted by molar-refractivity contribution is 0.545. The number of furan rings is 1. The Labute approximate surface area is 111 Å². The highest BCUT2D eigenvalue weighted by Gasteiger charge is 2.05. The van der Waals surface area contributed by atoms with Crippen molar-refractivity contribution in [2.45, 2.75) is 12.8 Å². The van der Waals surface area contributed by atoms with Gasteiger partial charge in [0.1, 0.15) is 5.76 Å². The Hall–Kier alpha value is -2.35. The number of rotatable bonds is 3. The summed E-state index contributed by atoms with van der Waals surface area (Å²) in [4.78, 5) is 11.8. The molecule has 0 aliphatic carbocycles. The smallest absolute Gasteiger partial charge is 0.221 e. The van der Waals surface area contributed by atoms with Gasteiger partial charge in [0.05, 0.1) is 0 Å². The SMILES string of the molecule is O=c1ccccc2cc(CCc3ccccc3)oc12. The van der Waals surface area contributed by atoms with Crippen molar-refractivity contribution in [1.82, 2.24) is 0 Å². The maximum atomic E-state index is 11.8. The van der Waals surface area contributed by atoms with E-state index in [1.807, 2.05) is 36.4 Å². The second-order valence-corrected chi connectivity index (χ2v) is 4.57. The average molecular weight is 250 g/mol. The fourth-order valence-corrected chi connectivity index (χ4v) is 2.19. The molecule has 2 heteroatoms. The maximum absolute atomic E-state index is 11.8. The summed E-state index contributed by atoms with van der Waals surface area (Å²) in [7, 11) is 0. The van der Waals surface area contributed by atoms with Crippen LogP contribution in [0.5, 0.6) is 0 Å². The van der Waals surface area contributed by atoms with Crippen LogP contribution in [-0.4, -0.2) is 0 Å². The van der Waals surface area contributed by atoms with Crippen molar-refractivity contribution in [3.63, 3.8) is 0 Å². The summed E-state index contributed by atoms with van der Waals surface area (Å²) in [6.07, 6.45) is 1.73. The highest BCUT2D eigenvalue weighted by molar-refractivity contribution is 5.76. The van der Waals surface area contributed by atoms with Crippen LogP contribution in [0.15, 0.2) is 69.9 Å². The van der Waals surface area contributed by atoms with Crippen LogP contribution in [0.25, 0.3) is 11.0 Å². The standard InChI is InChI=1S/C17H14O2/c18-16-9-5-4-8-14-12-15(19-17(14)16)11-10-13-6-2-1-3-7-13/h1-9,12H,10-11H2. The van der Waals surface area contributed by atoms with Crippen molar-refractivity contribution in [3.8, 4) is 0 Å². The monoisotopic (exact) mass is 250 g/mol. The van der Waals surface area contributed by atoms with Gasteiger partial charge in [-0.05, 0) is 24.1 Å². The van der Waals surface area contributed by atoms with Crippen LogP contribution >= 0.6 is 0 Å². The van der Waals surface area contributed by atoms with Gasteiger partial charge in [0, 0.05) is 11.8 Å². The highest BCUT2D eigenvalue weighted by atomic mass is 16.3. The Kier molecular flexibility index (Phi) is 3.15. The minimum atomic E-state index is -0.0639. The van der Waals surface area contributed by atoms with Crippen molar-refractivity contribution in [3.05, 3.63) is 82.2 Å². The van der Waals surface area contributed by atoms with E-state index in [2.05, 4.69) is 12.1 Å². The molecule has 0 radical (unpaired) electrons. The molecule has 0 bridgehead atoms. The first kappa shape index (κ1) is 11.7. The van der Waals surface area contributed by atoms with Gasteiger partial charge in [-0.25, -0.2) is 0 Å². The van der Waals surface area contributed by atoms with Gasteiger partial charge in [-0.2, -0.15) is 0 Å². The fourth-order valence-electron chi connectivity index (χ4n) is 2.19. The van der Waals surface area contributed by atoms with Crippen LogP contribution in [-0.2, 0) is 12.8 Å². The lowest BCUT2D eigenvalue weighted by Crippen LogP contribution is -1.92. The highest BCUT2D eigenvalue weighted by Crippen LogP contribution is 2.17. The first-order chi connectivity index (χ1) is 9.33. The molecule has 0 atom stereocenters. The summed E-state index contributed by atoms with van der Waals surface area (Å²) in [5.74, 6) is 0.863. The van der Waals surface area contributed by atoms with Crippen LogP contribution in [0.1, 0.15) is 11.3 Å². The van der Waals surface area contributed by atoms with Crippen LogP contribution in [0, 0.1) is 0 Å². The Morgan fingerprint density at radius 3 is 2.42 bits per heavy atom. The maximum Gasteiger partial charge on any atom is 0.221 e. The molecule has 0 aliphatic heterocycles. The van der Waals surface area contributed by atoms with E-state index in [9.17, 15) is 4.79 Å². The molecule has 0 N–H and O–H groups in total. The van der Waals surface area contributed by atoms with Gasteiger partial charge in [-0.15, -0.1) is 0 Å². The fraction of sp³-hybridized carbons (Fsp3) is 0.118. The minimum absolute atomic E-state index is 0.0639. The number of hydrogen-bond acceptors (Lipinski definition) is 2. The quantitative estimate of drug-likeness (QED) is 0.711. The molecule has 0 saturated carbocycles. The van der Waals surface area contributed by atoms with E-state index in [4.69, 9.17) is 4.42 Å². The van der Waals surface area contributed by atoms with Crippen LogP contribution in [0.2, 0.25) is 0 Å². The molecule has 3 rings (SSSR count). The third-order valence-corrected chi connectivity index (χ3v) is 3.17. The summed E-state index contributed by atoms with van der Waals surface area (Å²) >= 11 is 0. The normalized spacial score (nSPS) is 10.7. The van der Waals surface area contributed by atoms with Crippen LogP contribution in [0.4, 0.5) is 0 Å². The summed E-state index contributed by atoms with van der Waals surface area (Å²) in [5, 5.41) is 0.873. The van der Waals surface area contributed by atoms with E-state index < -0.39 is 0 Å². The van der Waals surface area contributed by atoms with Gasteiger partial charge in [0.2, 0.25) is 5.43 Å². The number of benzene rings is 1. The van der Waals surface area contributed by atoms with Crippen molar-refractivity contribution in [1.29, 1.82) is 0 Å². The molecule has 0 amide bonds. The Balaban J connectivity index is 1.87. The first-order valence-electron chi connectivity index (χ1n) is 6.38. The van der Waals surface area contributed by atoms with Gasteiger partial charge >= 0.3 is 0 Å². The largest absolute Gasteiger partial charge is 0.457 e. The molecular formula is C17H14O2. The van der Waals surface area contributed by atoms with E-state index >= 15 is 0 Å². The summed E-state index contributed by atoms with van der Waals surface area (Å²) in [6.45, 7) is 0. The molecule has 1 heterocycles. The Morgan fingerprint density at radius 2 is 1.58 bits per heavy atom. The second-order valence-electron chi connectivity index (χ2n) is 4.57. The van der Waals surface area contributed by atoms with Gasteiger partial charge in [-0.3, -0.25) is 4.79 Å². The zero-order chi connectivity index (χ0) is 13.1. The molecule has 0 spiro atoms. The van der Waals surface area contributed by atoms with Crippen LogP contribution < -0.4 is 5.43 Å². The van der Waals surface area contributed by atoms with Crippen molar-refractivity contribution in [2.75, 3.05) is 0 Å². The van der Waals surface area contributed by atoms with Crippen molar-refractivity contribution in [2.24, 2.45) is 0 Å². The van der Waals surface area contributed by atoms with E-state index in [1.165, 1.54) is 11.6 Å². The summed E-state index contributed by atoms with van der Waals surface area (Å²) < 4.78 is 5.67. The molecule has 0 unspecified atom stereocenters. The topological polar surface area (TPSA) is 30.2 Å². The van der Waals surface area contributed by atoms with Crippen LogP contribution in [0.3, 0.4) is 0 Å². The average Bonchev–Trinajstić information content (AvgIpc) is 2.78. The molecule has 19 heavy (non-hydrogen) atoms. The molecule has 2 aromatic carbocycles. The third-order valence-electron chi connectivity index (χ3n) is 3.17.